The second-order valence-electron chi connectivity index (χ2n) is 7.11. The van der Waals surface area contributed by atoms with Crippen LogP contribution in [0.5, 0.6) is 5.75 Å². The number of para-hydroxylation sites is 1. The lowest BCUT2D eigenvalue weighted by atomic mass is 10.1. The number of hydrogen-bond donors (Lipinski definition) is 1. The Morgan fingerprint density at radius 2 is 2.00 bits per heavy atom. The number of nitrogens with zero attached hydrogens (tertiary/aromatic N) is 4. The van der Waals surface area contributed by atoms with Gasteiger partial charge in [-0.05, 0) is 24.6 Å². The molecule has 1 atom stereocenters. The fourth-order valence-corrected chi connectivity index (χ4v) is 3.79. The van der Waals surface area contributed by atoms with Crippen molar-refractivity contribution in [2.45, 2.75) is 26.1 Å². The van der Waals surface area contributed by atoms with Crippen LogP contribution in [0, 0.1) is 6.92 Å². The van der Waals surface area contributed by atoms with Crippen LogP contribution in [0.3, 0.4) is 0 Å². The Balaban J connectivity index is 1.43. The molecule has 0 aliphatic carbocycles. The predicted octanol–water partition coefficient (Wildman–Crippen LogP) is 4.19. The summed E-state index contributed by atoms with van der Waals surface area (Å²) < 4.78 is 7.63. The molecule has 0 bridgehead atoms. The van der Waals surface area contributed by atoms with Crippen molar-refractivity contribution in [2.24, 2.45) is 0 Å². The van der Waals surface area contributed by atoms with E-state index in [1.807, 2.05) is 66.9 Å². The van der Waals surface area contributed by atoms with Gasteiger partial charge in [0, 0.05) is 17.0 Å². The zero-order chi connectivity index (χ0) is 22.2. The molecule has 0 aliphatic rings. The van der Waals surface area contributed by atoms with Crippen molar-refractivity contribution in [3.05, 3.63) is 101 Å². The van der Waals surface area contributed by atoms with E-state index in [4.69, 9.17) is 4.74 Å². The van der Waals surface area contributed by atoms with Gasteiger partial charge in [0.25, 0.3) is 0 Å². The van der Waals surface area contributed by atoms with E-state index >= 15 is 0 Å². The van der Waals surface area contributed by atoms with Crippen LogP contribution in [0.1, 0.15) is 27.9 Å². The molecule has 4 rings (SSSR count). The number of rotatable bonds is 9. The van der Waals surface area contributed by atoms with Crippen LogP contribution >= 0.6 is 11.3 Å². The zero-order valence-corrected chi connectivity index (χ0v) is 18.4. The summed E-state index contributed by atoms with van der Waals surface area (Å²) >= 11 is 1.59. The molecule has 32 heavy (non-hydrogen) atoms. The summed E-state index contributed by atoms with van der Waals surface area (Å²) in [5.41, 5.74) is 2.71. The number of carbonyl (C=O) groups is 1. The first-order chi connectivity index (χ1) is 15.7. The summed E-state index contributed by atoms with van der Waals surface area (Å²) in [6, 6.07) is 17.2. The molecule has 1 N–H and O–H groups in total. The minimum Gasteiger partial charge on any atom is -0.487 e. The first kappa shape index (κ1) is 21.5. The number of carbonyl (C=O) groups excluding carboxylic acids is 1. The third kappa shape index (κ3) is 5.89. The number of benzene rings is 2. The van der Waals surface area contributed by atoms with Gasteiger partial charge in [-0.25, -0.2) is 9.97 Å². The Morgan fingerprint density at radius 1 is 1.19 bits per heavy atom. The Bertz CT molecular complexity index is 1170. The van der Waals surface area contributed by atoms with Gasteiger partial charge < -0.3 is 10.1 Å². The maximum atomic E-state index is 12.7. The Hall–Kier alpha value is -3.78. The second-order valence-corrected chi connectivity index (χ2v) is 8.17. The van der Waals surface area contributed by atoms with Crippen LogP contribution in [0.15, 0.2) is 78.7 Å². The van der Waals surface area contributed by atoms with Gasteiger partial charge in [0.1, 0.15) is 25.0 Å². The van der Waals surface area contributed by atoms with Crippen molar-refractivity contribution in [1.82, 2.24) is 25.1 Å². The molecule has 0 saturated carbocycles. The van der Waals surface area contributed by atoms with E-state index in [0.29, 0.717) is 18.9 Å². The monoisotopic (exact) mass is 445 g/mol. The highest BCUT2D eigenvalue weighted by Crippen LogP contribution is 2.21. The molecule has 1 amide bonds. The van der Waals surface area contributed by atoms with Crippen LogP contribution in [0.2, 0.25) is 0 Å². The fourth-order valence-electron chi connectivity index (χ4n) is 3.19. The molecule has 2 heterocycles. The molecule has 8 heteroatoms. The van der Waals surface area contributed by atoms with Gasteiger partial charge in [-0.15, -0.1) is 11.3 Å². The average Bonchev–Trinajstić information content (AvgIpc) is 3.48. The number of thiazole rings is 1. The molecule has 162 valence electrons. The van der Waals surface area contributed by atoms with Crippen molar-refractivity contribution >= 4 is 23.3 Å². The molecule has 2 aromatic carbocycles. The molecule has 0 saturated heterocycles. The molecule has 0 radical (unpaired) electrons. The number of nitrogens with one attached hydrogen (secondary N) is 1. The third-order valence-corrected chi connectivity index (χ3v) is 5.55. The van der Waals surface area contributed by atoms with Gasteiger partial charge >= 0.3 is 0 Å². The van der Waals surface area contributed by atoms with Crippen molar-refractivity contribution < 1.29 is 9.53 Å². The first-order valence-electron chi connectivity index (χ1n) is 10.2. The number of ether oxygens (including phenoxy) is 1. The predicted molar refractivity (Wildman–Crippen MR) is 124 cm³/mol. The van der Waals surface area contributed by atoms with Crippen molar-refractivity contribution in [1.29, 1.82) is 0 Å². The number of amides is 1. The van der Waals surface area contributed by atoms with Crippen LogP contribution in [-0.2, 0) is 17.9 Å². The Labute approximate surface area is 190 Å². The van der Waals surface area contributed by atoms with Gasteiger partial charge in [0.05, 0.1) is 23.3 Å². The van der Waals surface area contributed by atoms with Crippen LogP contribution in [0.25, 0.3) is 6.08 Å². The highest BCUT2D eigenvalue weighted by molar-refractivity contribution is 7.09. The molecule has 4 aromatic rings. The van der Waals surface area contributed by atoms with Crippen molar-refractivity contribution in [3.63, 3.8) is 0 Å². The summed E-state index contributed by atoms with van der Waals surface area (Å²) in [7, 11) is 0. The highest BCUT2D eigenvalue weighted by Gasteiger charge is 2.14. The standard InChI is InChI=1S/C24H23N5O2S/c1-18-27-21(15-32-18)14-31-23-10-6-5-9-20(23)11-12-24(30)28-22(13-29-17-25-16-26-29)19-7-3-2-4-8-19/h2-12,15-17,22H,13-14H2,1H3,(H,28,30)/b12-11+. The summed E-state index contributed by atoms with van der Waals surface area (Å²) in [5, 5.41) is 10.2. The summed E-state index contributed by atoms with van der Waals surface area (Å²) in [6.45, 7) is 2.83. The van der Waals surface area contributed by atoms with Gasteiger partial charge in [0.15, 0.2) is 0 Å². The average molecular weight is 446 g/mol. The van der Waals surface area contributed by atoms with E-state index in [1.165, 1.54) is 12.4 Å². The summed E-state index contributed by atoms with van der Waals surface area (Å²) in [6.07, 6.45) is 6.39. The van der Waals surface area contributed by atoms with Crippen LogP contribution < -0.4 is 10.1 Å². The maximum Gasteiger partial charge on any atom is 0.244 e. The SMILES string of the molecule is Cc1nc(COc2ccccc2/C=C/C(=O)NC(Cn2cncn2)c2ccccc2)cs1. The van der Waals surface area contributed by atoms with Crippen molar-refractivity contribution in [2.75, 3.05) is 0 Å². The van der Waals surface area contributed by atoms with E-state index in [2.05, 4.69) is 20.4 Å². The second kappa shape index (κ2) is 10.5. The molecule has 0 fully saturated rings. The topological polar surface area (TPSA) is 81.9 Å². The van der Waals surface area contributed by atoms with E-state index in [0.717, 1.165) is 21.8 Å². The molecule has 0 aliphatic heterocycles. The van der Waals surface area contributed by atoms with Gasteiger partial charge in [-0.1, -0.05) is 48.5 Å². The Kier molecular flexibility index (Phi) is 7.04. The van der Waals surface area contributed by atoms with E-state index in [1.54, 1.807) is 28.4 Å². The molecule has 1 unspecified atom stereocenters. The highest BCUT2D eigenvalue weighted by atomic mass is 32.1. The Morgan fingerprint density at radius 3 is 2.75 bits per heavy atom. The number of hydrogen-bond acceptors (Lipinski definition) is 6. The summed E-state index contributed by atoms with van der Waals surface area (Å²) in [4.78, 5) is 21.1. The zero-order valence-electron chi connectivity index (χ0n) is 17.6. The molecule has 7 nitrogen and oxygen atoms in total. The third-order valence-electron chi connectivity index (χ3n) is 4.73. The minimum atomic E-state index is -0.241. The lowest BCUT2D eigenvalue weighted by Crippen LogP contribution is -2.30. The van der Waals surface area contributed by atoms with Gasteiger partial charge in [-0.3, -0.25) is 9.48 Å². The lowest BCUT2D eigenvalue weighted by molar-refractivity contribution is -0.117. The van der Waals surface area contributed by atoms with Crippen LogP contribution in [-0.4, -0.2) is 25.7 Å². The molecular formula is C24H23N5O2S. The molecular weight excluding hydrogens is 422 g/mol. The number of aryl methyl sites for hydroxylation is 1. The van der Waals surface area contributed by atoms with E-state index in [-0.39, 0.29) is 11.9 Å². The van der Waals surface area contributed by atoms with Crippen molar-refractivity contribution in [3.8, 4) is 5.75 Å². The summed E-state index contributed by atoms with van der Waals surface area (Å²) in [5.74, 6) is 0.494. The normalized spacial score (nSPS) is 12.0. The maximum absolute atomic E-state index is 12.7. The largest absolute Gasteiger partial charge is 0.487 e. The van der Waals surface area contributed by atoms with Gasteiger partial charge in [-0.2, -0.15) is 5.10 Å². The quantitative estimate of drug-likeness (QED) is 0.391. The van der Waals surface area contributed by atoms with Gasteiger partial charge in [0.2, 0.25) is 5.91 Å². The van der Waals surface area contributed by atoms with E-state index in [9.17, 15) is 4.79 Å². The molecule has 2 aromatic heterocycles. The lowest BCUT2D eigenvalue weighted by Gasteiger charge is -2.18. The van der Waals surface area contributed by atoms with E-state index < -0.39 is 0 Å². The van der Waals surface area contributed by atoms with Crippen LogP contribution in [0.4, 0.5) is 0 Å². The fraction of sp³-hybridized carbons (Fsp3) is 0.167. The smallest absolute Gasteiger partial charge is 0.244 e. The number of aromatic nitrogens is 4. The molecule has 0 spiro atoms. The minimum absolute atomic E-state index is 0.205. The first-order valence-corrected chi connectivity index (χ1v) is 11.0.